The summed E-state index contributed by atoms with van der Waals surface area (Å²) >= 11 is 0. The molecule has 0 saturated heterocycles. The van der Waals surface area contributed by atoms with E-state index in [9.17, 15) is 19.2 Å². The number of carbonyl (C=O) groups excluding carboxylic acids is 4. The number of rotatable bonds is 11. The second kappa shape index (κ2) is 13.4. The number of nitrogens with one attached hydrogen (secondary N) is 4. The van der Waals surface area contributed by atoms with E-state index in [2.05, 4.69) is 21.3 Å². The highest BCUT2D eigenvalue weighted by atomic mass is 16.2. The predicted octanol–water partition coefficient (Wildman–Crippen LogP) is 3.11. The number of hydrogen-bond donors (Lipinski definition) is 4. The molecular formula is C30H36N4O4. The van der Waals surface area contributed by atoms with Crippen molar-refractivity contribution in [3.05, 3.63) is 83.9 Å². The number of carbonyl (C=O) groups is 4. The molecule has 1 unspecified atom stereocenters. The molecule has 0 aliphatic rings. The molecule has 0 heterocycles. The maximum Gasteiger partial charge on any atom is 0.251 e. The summed E-state index contributed by atoms with van der Waals surface area (Å²) in [6.45, 7) is 5.87. The molecule has 0 aliphatic heterocycles. The van der Waals surface area contributed by atoms with Gasteiger partial charge in [0.2, 0.25) is 17.7 Å². The third-order valence-corrected chi connectivity index (χ3v) is 5.78. The van der Waals surface area contributed by atoms with E-state index in [1.165, 1.54) is 0 Å². The molecule has 3 rings (SSSR count). The monoisotopic (exact) mass is 516 g/mol. The van der Waals surface area contributed by atoms with E-state index < -0.39 is 17.5 Å². The normalized spacial score (nSPS) is 11.9. The third-order valence-electron chi connectivity index (χ3n) is 5.78. The first-order valence-electron chi connectivity index (χ1n) is 12.8. The number of hydrogen-bond acceptors (Lipinski definition) is 4. The van der Waals surface area contributed by atoms with E-state index in [-0.39, 0.29) is 43.7 Å². The minimum absolute atomic E-state index is 0.145. The van der Waals surface area contributed by atoms with Crippen LogP contribution in [0.25, 0.3) is 10.8 Å². The lowest BCUT2D eigenvalue weighted by Gasteiger charge is -2.23. The molecule has 3 aromatic carbocycles. The van der Waals surface area contributed by atoms with Crippen LogP contribution < -0.4 is 21.3 Å². The van der Waals surface area contributed by atoms with E-state index in [4.69, 9.17) is 0 Å². The molecule has 0 spiro atoms. The van der Waals surface area contributed by atoms with Gasteiger partial charge in [0, 0.05) is 30.6 Å². The summed E-state index contributed by atoms with van der Waals surface area (Å²) in [4.78, 5) is 50.8. The molecule has 200 valence electrons. The summed E-state index contributed by atoms with van der Waals surface area (Å²) in [6, 6.07) is 21.7. The van der Waals surface area contributed by atoms with Gasteiger partial charge < -0.3 is 21.3 Å². The van der Waals surface area contributed by atoms with Gasteiger partial charge in [0.15, 0.2) is 0 Å². The highest BCUT2D eigenvalue weighted by Crippen LogP contribution is 2.18. The zero-order valence-electron chi connectivity index (χ0n) is 22.2. The lowest BCUT2D eigenvalue weighted by atomic mass is 10.0. The summed E-state index contributed by atoms with van der Waals surface area (Å²) in [5.41, 5.74) is 1.09. The summed E-state index contributed by atoms with van der Waals surface area (Å²) in [5, 5.41) is 12.9. The lowest BCUT2D eigenvalue weighted by molar-refractivity contribution is -0.132. The maximum absolute atomic E-state index is 12.9. The number of aryl methyl sites for hydroxylation is 1. The zero-order valence-corrected chi connectivity index (χ0v) is 22.2. The van der Waals surface area contributed by atoms with E-state index >= 15 is 0 Å². The van der Waals surface area contributed by atoms with E-state index in [0.717, 1.165) is 16.3 Å². The SMILES string of the molecule is CC(C)(C)NC(=O)CC(NC(=O)CCc1ccccc1)C(=O)NCCNC(=O)c1cccc2ccccc12. The molecule has 4 N–H and O–H groups in total. The quantitative estimate of drug-likeness (QED) is 0.293. The second-order valence-electron chi connectivity index (χ2n) is 10.2. The van der Waals surface area contributed by atoms with E-state index in [0.29, 0.717) is 12.0 Å². The molecule has 3 aromatic rings. The van der Waals surface area contributed by atoms with Gasteiger partial charge in [0.05, 0.1) is 6.42 Å². The maximum atomic E-state index is 12.9. The third kappa shape index (κ3) is 9.03. The van der Waals surface area contributed by atoms with Crippen LogP contribution in [0.4, 0.5) is 0 Å². The molecule has 0 saturated carbocycles. The number of benzene rings is 3. The fourth-order valence-corrected chi connectivity index (χ4v) is 4.04. The Hall–Kier alpha value is -4.20. The van der Waals surface area contributed by atoms with Gasteiger partial charge in [-0.25, -0.2) is 0 Å². The first kappa shape index (κ1) is 28.4. The molecule has 0 fully saturated rings. The van der Waals surface area contributed by atoms with Crippen LogP contribution in [-0.4, -0.2) is 48.3 Å². The van der Waals surface area contributed by atoms with Crippen molar-refractivity contribution in [2.75, 3.05) is 13.1 Å². The highest BCUT2D eigenvalue weighted by Gasteiger charge is 2.25. The summed E-state index contributed by atoms with van der Waals surface area (Å²) < 4.78 is 0. The van der Waals surface area contributed by atoms with Gasteiger partial charge in [0.25, 0.3) is 5.91 Å². The van der Waals surface area contributed by atoms with Crippen molar-refractivity contribution in [2.24, 2.45) is 0 Å². The Morgan fingerprint density at radius 3 is 2.16 bits per heavy atom. The molecule has 8 nitrogen and oxygen atoms in total. The van der Waals surface area contributed by atoms with Crippen LogP contribution in [0.15, 0.2) is 72.8 Å². The van der Waals surface area contributed by atoms with Gasteiger partial charge in [-0.3, -0.25) is 19.2 Å². The molecular weight excluding hydrogens is 480 g/mol. The van der Waals surface area contributed by atoms with Crippen molar-refractivity contribution < 1.29 is 19.2 Å². The van der Waals surface area contributed by atoms with Crippen molar-refractivity contribution in [3.63, 3.8) is 0 Å². The van der Waals surface area contributed by atoms with Gasteiger partial charge in [-0.1, -0.05) is 66.7 Å². The van der Waals surface area contributed by atoms with Crippen molar-refractivity contribution in [1.29, 1.82) is 0 Å². The molecule has 38 heavy (non-hydrogen) atoms. The summed E-state index contributed by atoms with van der Waals surface area (Å²) in [5.74, 6) is -1.39. The van der Waals surface area contributed by atoms with Gasteiger partial charge in [-0.2, -0.15) is 0 Å². The van der Waals surface area contributed by atoms with E-state index in [1.807, 2.05) is 87.5 Å². The Kier molecular flexibility index (Phi) is 9.99. The largest absolute Gasteiger partial charge is 0.353 e. The first-order valence-corrected chi connectivity index (χ1v) is 12.8. The molecule has 0 aromatic heterocycles. The molecule has 4 amide bonds. The molecule has 8 heteroatoms. The van der Waals surface area contributed by atoms with Crippen LogP contribution in [0.5, 0.6) is 0 Å². The smallest absolute Gasteiger partial charge is 0.251 e. The minimum atomic E-state index is -1.03. The van der Waals surface area contributed by atoms with Crippen LogP contribution in [0.3, 0.4) is 0 Å². The van der Waals surface area contributed by atoms with Crippen molar-refractivity contribution in [1.82, 2.24) is 21.3 Å². The average Bonchev–Trinajstić information content (AvgIpc) is 2.88. The standard InChI is InChI=1S/C30H36N4O4/c1-30(2,3)34-27(36)20-25(33-26(35)17-16-21-10-5-4-6-11-21)29(38)32-19-18-31-28(37)24-15-9-13-22-12-7-8-14-23(22)24/h4-15,25H,16-20H2,1-3H3,(H,31,37)(H,32,38)(H,33,35)(H,34,36). The Morgan fingerprint density at radius 1 is 0.763 bits per heavy atom. The van der Waals surface area contributed by atoms with Crippen molar-refractivity contribution in [3.8, 4) is 0 Å². The summed E-state index contributed by atoms with van der Waals surface area (Å²) in [7, 11) is 0. The Bertz CT molecular complexity index is 1260. The van der Waals surface area contributed by atoms with Gasteiger partial charge in [-0.15, -0.1) is 0 Å². The van der Waals surface area contributed by atoms with Crippen LogP contribution >= 0.6 is 0 Å². The number of amides is 4. The van der Waals surface area contributed by atoms with Crippen molar-refractivity contribution >= 4 is 34.4 Å². The zero-order chi connectivity index (χ0) is 27.5. The molecule has 0 radical (unpaired) electrons. The minimum Gasteiger partial charge on any atom is -0.353 e. The summed E-state index contributed by atoms with van der Waals surface area (Å²) in [6.07, 6.45) is 0.522. The fraction of sp³-hybridized carbons (Fsp3) is 0.333. The molecule has 0 aliphatic carbocycles. The predicted molar refractivity (Wildman–Crippen MR) is 148 cm³/mol. The Balaban J connectivity index is 1.54. The van der Waals surface area contributed by atoms with E-state index in [1.54, 1.807) is 6.07 Å². The Morgan fingerprint density at radius 2 is 1.42 bits per heavy atom. The van der Waals surface area contributed by atoms with Gasteiger partial charge in [0.1, 0.15) is 6.04 Å². The molecule has 0 bridgehead atoms. The first-order chi connectivity index (χ1) is 18.1. The fourth-order valence-electron chi connectivity index (χ4n) is 4.04. The lowest BCUT2D eigenvalue weighted by Crippen LogP contribution is -2.51. The van der Waals surface area contributed by atoms with Crippen LogP contribution in [-0.2, 0) is 20.8 Å². The van der Waals surface area contributed by atoms with Crippen LogP contribution in [0, 0.1) is 0 Å². The van der Waals surface area contributed by atoms with Crippen molar-refractivity contribution in [2.45, 2.75) is 51.6 Å². The average molecular weight is 517 g/mol. The molecule has 1 atom stereocenters. The highest BCUT2D eigenvalue weighted by molar-refractivity contribution is 6.07. The van der Waals surface area contributed by atoms with Gasteiger partial charge in [-0.05, 0) is 49.6 Å². The van der Waals surface area contributed by atoms with Crippen LogP contribution in [0.2, 0.25) is 0 Å². The Labute approximate surface area is 223 Å². The second-order valence-corrected chi connectivity index (χ2v) is 10.2. The van der Waals surface area contributed by atoms with Gasteiger partial charge >= 0.3 is 0 Å². The number of fused-ring (bicyclic) bond motifs is 1. The topological polar surface area (TPSA) is 116 Å². The van der Waals surface area contributed by atoms with Crippen LogP contribution in [0.1, 0.15) is 49.5 Å².